The molecule has 0 atom stereocenters. The van der Waals surface area contributed by atoms with E-state index < -0.39 is 11.2 Å². The summed E-state index contributed by atoms with van der Waals surface area (Å²) in [7, 11) is 0. The lowest BCUT2D eigenvalue weighted by atomic mass is 10.2. The Labute approximate surface area is 166 Å². The second-order valence-corrected chi connectivity index (χ2v) is 6.13. The Kier molecular flexibility index (Phi) is 7.95. The lowest BCUT2D eigenvalue weighted by molar-refractivity contribution is -0.120. The maximum Gasteiger partial charge on any atom is 0.342 e. The molecule has 0 unspecified atom stereocenters. The number of carbonyl (C=O) groups is 1. The summed E-state index contributed by atoms with van der Waals surface area (Å²) in [5.74, 6) is 0.798. The van der Waals surface area contributed by atoms with Crippen LogP contribution in [-0.2, 0) is 4.79 Å². The van der Waals surface area contributed by atoms with Crippen molar-refractivity contribution in [2.24, 2.45) is 5.10 Å². The van der Waals surface area contributed by atoms with Gasteiger partial charge in [0.2, 0.25) is 11.7 Å². The molecule has 1 heterocycles. The number of ether oxygens (including phenoxy) is 2. The Morgan fingerprint density at radius 1 is 1.31 bits per heavy atom. The minimum absolute atomic E-state index is 0.0172. The number of rotatable bonds is 10. The number of aromatic nitrogens is 3. The van der Waals surface area contributed by atoms with Gasteiger partial charge < -0.3 is 14.8 Å². The van der Waals surface area contributed by atoms with Crippen molar-refractivity contribution in [3.63, 3.8) is 0 Å². The number of nitrogens with zero attached hydrogens (tertiary/aromatic N) is 2. The number of H-pyrrole nitrogens is 2. The van der Waals surface area contributed by atoms with Crippen LogP contribution in [0.5, 0.6) is 11.5 Å². The fourth-order valence-electron chi connectivity index (χ4n) is 2.22. The number of hydrogen-bond donors (Lipinski definition) is 4. The fourth-order valence-corrected chi connectivity index (χ4v) is 2.22. The van der Waals surface area contributed by atoms with E-state index in [4.69, 9.17) is 9.47 Å². The van der Waals surface area contributed by atoms with Crippen molar-refractivity contribution in [1.82, 2.24) is 20.6 Å². The van der Waals surface area contributed by atoms with Gasteiger partial charge in [-0.1, -0.05) is 0 Å². The average Bonchev–Trinajstić information content (AvgIpc) is 2.65. The molecule has 1 aromatic carbocycles. The quantitative estimate of drug-likeness (QED) is 0.334. The van der Waals surface area contributed by atoms with Gasteiger partial charge in [0.05, 0.1) is 18.9 Å². The molecule has 1 aromatic heterocycles. The topological polar surface area (TPSA) is 151 Å². The fraction of sp³-hybridized carbons (Fsp3) is 0.389. The molecular weight excluding hydrogens is 380 g/mol. The first-order valence-electron chi connectivity index (χ1n) is 9.07. The molecule has 0 saturated carbocycles. The highest BCUT2D eigenvalue weighted by Gasteiger charge is 2.08. The van der Waals surface area contributed by atoms with Crippen molar-refractivity contribution < 1.29 is 14.3 Å². The van der Waals surface area contributed by atoms with Gasteiger partial charge in [-0.05, 0) is 44.5 Å². The third-order valence-electron chi connectivity index (χ3n) is 3.39. The highest BCUT2D eigenvalue weighted by Crippen LogP contribution is 2.28. The maximum atomic E-state index is 11.8. The number of carbonyl (C=O) groups excluding carboxylic acids is 1. The second-order valence-electron chi connectivity index (χ2n) is 6.13. The van der Waals surface area contributed by atoms with Gasteiger partial charge in [-0.2, -0.15) is 5.10 Å². The molecule has 29 heavy (non-hydrogen) atoms. The first-order valence-corrected chi connectivity index (χ1v) is 9.07. The van der Waals surface area contributed by atoms with Crippen LogP contribution in [0.1, 0.15) is 32.8 Å². The predicted molar refractivity (Wildman–Crippen MR) is 108 cm³/mol. The Balaban J connectivity index is 1.86. The lowest BCUT2D eigenvalue weighted by Crippen LogP contribution is -2.28. The van der Waals surface area contributed by atoms with Gasteiger partial charge in [0.25, 0.3) is 5.56 Å². The van der Waals surface area contributed by atoms with E-state index in [2.05, 4.69) is 26.0 Å². The third kappa shape index (κ3) is 7.13. The van der Waals surface area contributed by atoms with E-state index in [0.29, 0.717) is 18.1 Å². The SMILES string of the molecule is CCOc1cc(/C=N/NC(=O)CCNc2n[nH]c(=O)[nH]c2=O)ccc1OC(C)C. The Hall–Kier alpha value is -3.63. The van der Waals surface area contributed by atoms with Crippen molar-refractivity contribution in [2.75, 3.05) is 18.5 Å². The molecule has 1 amide bonds. The molecule has 0 aliphatic rings. The second kappa shape index (κ2) is 10.6. The Bertz CT molecular complexity index is 966. The predicted octanol–water partition coefficient (Wildman–Crippen LogP) is 0.596. The van der Waals surface area contributed by atoms with Gasteiger partial charge in [-0.25, -0.2) is 15.3 Å². The molecule has 0 saturated heterocycles. The highest BCUT2D eigenvalue weighted by atomic mass is 16.5. The number of amides is 1. The van der Waals surface area contributed by atoms with Crippen LogP contribution in [-0.4, -0.2) is 46.6 Å². The molecule has 0 aliphatic carbocycles. The molecular formula is C18H24N6O5. The molecule has 2 rings (SSSR count). The van der Waals surface area contributed by atoms with E-state index in [1.807, 2.05) is 25.8 Å². The minimum atomic E-state index is -0.705. The Morgan fingerprint density at radius 3 is 2.79 bits per heavy atom. The average molecular weight is 404 g/mol. The van der Waals surface area contributed by atoms with Crippen LogP contribution < -0.4 is 31.5 Å². The molecule has 11 nitrogen and oxygen atoms in total. The largest absolute Gasteiger partial charge is 0.490 e. The van der Waals surface area contributed by atoms with Crippen LogP contribution in [0, 0.1) is 0 Å². The standard InChI is InChI=1S/C18H24N6O5/c1-4-28-14-9-12(5-6-13(14)29-11(2)3)10-20-22-15(25)7-8-19-16-17(26)21-18(27)24-23-16/h5-6,9-11H,4,7-8H2,1-3H3,(H,19,23)(H,22,25)(H2,21,24,26,27)/b20-10+. The number of hydrogen-bond acceptors (Lipinski definition) is 8. The zero-order valence-corrected chi connectivity index (χ0v) is 16.4. The zero-order valence-electron chi connectivity index (χ0n) is 16.4. The van der Waals surface area contributed by atoms with Crippen LogP contribution >= 0.6 is 0 Å². The van der Waals surface area contributed by atoms with Gasteiger partial charge in [0.15, 0.2) is 11.5 Å². The molecule has 4 N–H and O–H groups in total. The van der Waals surface area contributed by atoms with Crippen LogP contribution in [0.4, 0.5) is 5.82 Å². The first-order chi connectivity index (χ1) is 13.9. The molecule has 2 aromatic rings. The van der Waals surface area contributed by atoms with E-state index in [1.54, 1.807) is 18.2 Å². The van der Waals surface area contributed by atoms with Gasteiger partial charge in [-0.15, -0.1) is 5.10 Å². The number of anilines is 1. The number of benzene rings is 1. The summed E-state index contributed by atoms with van der Waals surface area (Å²) in [4.78, 5) is 36.2. The molecule has 0 bridgehead atoms. The molecule has 156 valence electrons. The van der Waals surface area contributed by atoms with E-state index in [0.717, 1.165) is 5.56 Å². The number of nitrogens with one attached hydrogen (secondary N) is 4. The van der Waals surface area contributed by atoms with Gasteiger partial charge in [-0.3, -0.25) is 14.6 Å². The number of hydrazone groups is 1. The van der Waals surface area contributed by atoms with E-state index >= 15 is 0 Å². The lowest BCUT2D eigenvalue weighted by Gasteiger charge is -2.14. The van der Waals surface area contributed by atoms with Crippen LogP contribution in [0.2, 0.25) is 0 Å². The van der Waals surface area contributed by atoms with Gasteiger partial charge in [0.1, 0.15) is 0 Å². The molecule has 11 heteroatoms. The molecule has 0 fully saturated rings. The molecule has 0 spiro atoms. The smallest absolute Gasteiger partial charge is 0.342 e. The zero-order chi connectivity index (χ0) is 21.2. The van der Waals surface area contributed by atoms with E-state index in [1.165, 1.54) is 6.21 Å². The summed E-state index contributed by atoms with van der Waals surface area (Å²) in [5.41, 5.74) is 1.75. The Morgan fingerprint density at radius 2 is 2.10 bits per heavy atom. The van der Waals surface area contributed by atoms with Crippen LogP contribution in [0.25, 0.3) is 0 Å². The normalized spacial score (nSPS) is 10.9. The summed E-state index contributed by atoms with van der Waals surface area (Å²) in [6.45, 7) is 6.37. The van der Waals surface area contributed by atoms with Crippen molar-refractivity contribution in [2.45, 2.75) is 33.3 Å². The molecule has 0 radical (unpaired) electrons. The van der Waals surface area contributed by atoms with Crippen molar-refractivity contribution in [3.8, 4) is 11.5 Å². The van der Waals surface area contributed by atoms with Crippen LogP contribution in [0.3, 0.4) is 0 Å². The van der Waals surface area contributed by atoms with Gasteiger partial charge in [0, 0.05) is 13.0 Å². The summed E-state index contributed by atoms with van der Waals surface area (Å²) < 4.78 is 11.3. The number of aromatic amines is 2. The third-order valence-corrected chi connectivity index (χ3v) is 3.39. The van der Waals surface area contributed by atoms with E-state index in [-0.39, 0.29) is 30.8 Å². The van der Waals surface area contributed by atoms with Gasteiger partial charge >= 0.3 is 5.69 Å². The summed E-state index contributed by atoms with van der Waals surface area (Å²) in [6.07, 6.45) is 1.55. The van der Waals surface area contributed by atoms with E-state index in [9.17, 15) is 14.4 Å². The molecule has 0 aliphatic heterocycles. The first kappa shape index (κ1) is 21.7. The summed E-state index contributed by atoms with van der Waals surface area (Å²) >= 11 is 0. The van der Waals surface area contributed by atoms with Crippen molar-refractivity contribution in [1.29, 1.82) is 0 Å². The van der Waals surface area contributed by atoms with Crippen molar-refractivity contribution in [3.05, 3.63) is 44.6 Å². The highest BCUT2D eigenvalue weighted by molar-refractivity contribution is 5.83. The minimum Gasteiger partial charge on any atom is -0.490 e. The monoisotopic (exact) mass is 404 g/mol. The summed E-state index contributed by atoms with van der Waals surface area (Å²) in [6, 6.07) is 5.35. The maximum absolute atomic E-state index is 11.8. The summed E-state index contributed by atoms with van der Waals surface area (Å²) in [5, 5.41) is 12.2. The van der Waals surface area contributed by atoms with Crippen LogP contribution in [0.15, 0.2) is 32.9 Å². The van der Waals surface area contributed by atoms with Crippen molar-refractivity contribution >= 4 is 17.9 Å².